The van der Waals surface area contributed by atoms with Gasteiger partial charge in [0.25, 0.3) is 0 Å². The van der Waals surface area contributed by atoms with Gasteiger partial charge in [-0.2, -0.15) is 0 Å². The minimum atomic E-state index is -3.65. The molecule has 14 aromatic carbocycles. The van der Waals surface area contributed by atoms with Crippen molar-refractivity contribution >= 4 is 103 Å². The molecular formula is C101H78N2O5S3. The number of thiophene rings is 2. The van der Waals surface area contributed by atoms with Crippen molar-refractivity contribution in [2.75, 3.05) is 14.2 Å². The third-order valence-corrected chi connectivity index (χ3v) is 27.4. The Labute approximate surface area is 654 Å². The maximum Gasteiger partial charge on any atom is 0.206 e. The Balaban J connectivity index is 0.000000150. The van der Waals surface area contributed by atoms with Gasteiger partial charge in [-0.1, -0.05) is 184 Å². The predicted molar refractivity (Wildman–Crippen MR) is 461 cm³/mol. The lowest BCUT2D eigenvalue weighted by Crippen LogP contribution is -2.09. The van der Waals surface area contributed by atoms with Crippen LogP contribution in [0, 0.1) is 13.8 Å². The normalized spacial score (nSPS) is 12.5. The van der Waals surface area contributed by atoms with Crippen molar-refractivity contribution in [3.05, 3.63) is 368 Å². The van der Waals surface area contributed by atoms with Crippen LogP contribution in [0.15, 0.2) is 301 Å². The van der Waals surface area contributed by atoms with Crippen molar-refractivity contribution in [2.24, 2.45) is 0 Å². The number of hydrogen-bond acceptors (Lipinski definition) is 7. The molecule has 0 radical (unpaired) electrons. The van der Waals surface area contributed by atoms with Gasteiger partial charge < -0.3 is 18.6 Å². The molecule has 10 heteroatoms. The average Bonchev–Trinajstić information content (AvgIpc) is 1.58. The van der Waals surface area contributed by atoms with Crippen LogP contribution in [-0.4, -0.2) is 37.6 Å². The molecular weight excluding hydrogens is 1420 g/mol. The lowest BCUT2D eigenvalue weighted by atomic mass is 9.84. The minimum Gasteiger partial charge on any atom is -0.497 e. The molecule has 2 aliphatic rings. The van der Waals surface area contributed by atoms with Gasteiger partial charge in [0, 0.05) is 63.6 Å². The molecule has 0 aliphatic heterocycles. The number of ketones is 1. The molecule has 0 saturated heterocycles. The second-order valence-corrected chi connectivity index (χ2v) is 33.9. The smallest absolute Gasteiger partial charge is 0.206 e. The Morgan fingerprint density at radius 3 is 1.17 bits per heavy atom. The summed E-state index contributed by atoms with van der Waals surface area (Å²) in [5.74, 6) is 1.70. The van der Waals surface area contributed by atoms with Crippen molar-refractivity contribution < 1.29 is 22.7 Å². The first-order valence-corrected chi connectivity index (χ1v) is 41.2. The number of aromatic nitrogens is 2. The number of para-hydroxylation sites is 2. The maximum atomic E-state index is 13.6. The number of sulfone groups is 1. The highest BCUT2D eigenvalue weighted by atomic mass is 32.2. The van der Waals surface area contributed by atoms with E-state index in [1.807, 2.05) is 72.0 Å². The zero-order chi connectivity index (χ0) is 75.3. The second-order valence-electron chi connectivity index (χ2n) is 29.6. The summed E-state index contributed by atoms with van der Waals surface area (Å²) in [4.78, 5) is 19.1. The molecule has 18 aromatic rings. The van der Waals surface area contributed by atoms with E-state index in [0.29, 0.717) is 20.9 Å². The van der Waals surface area contributed by atoms with Crippen LogP contribution in [0.1, 0.15) is 95.2 Å². The van der Waals surface area contributed by atoms with E-state index in [1.165, 1.54) is 119 Å². The molecule has 2 aliphatic carbocycles. The molecule has 4 heterocycles. The standard InChI is InChI=1S/C51H39NOS.C50H39NO4S2/c1-4-45-23-24-48(54-45)34-13-17-36(18-14-34)51(53)35-15-11-33(12-16-35)37-19-20-38-26-42-29-43-30-44(22-21-39(43)27-41(42)28-40(38)25-37)52-49-31(2)7-5-9-46(49)47-10-6-8-32(3)50(47)52;1-4-43-15-22-50(56-43)32-10-18-45(19-11-32)57(52,53)44-16-8-31(9-17-44)33-5-6-34-24-38-27-39-28-40(12-7-35(39)25-37(38)26-36(34)23-33)51-48-20-13-41(54-2)29-46(48)47-30-42(55-3)14-21-49(47)51/h5-26,28,30H,4,27,29H2,1-3H3;5-24,26,28-30H,4,25,27H2,1-3H3. The summed E-state index contributed by atoms with van der Waals surface area (Å²) in [6.45, 7) is 8.77. The molecule has 0 N–H and O–H groups in total. The van der Waals surface area contributed by atoms with Gasteiger partial charge >= 0.3 is 0 Å². The lowest BCUT2D eigenvalue weighted by Gasteiger charge is -2.22. The van der Waals surface area contributed by atoms with Crippen molar-refractivity contribution in [1.82, 2.24) is 9.13 Å². The van der Waals surface area contributed by atoms with Gasteiger partial charge in [0.1, 0.15) is 11.5 Å². The highest BCUT2D eigenvalue weighted by molar-refractivity contribution is 7.91. The molecule has 4 aromatic heterocycles. The van der Waals surface area contributed by atoms with E-state index in [1.54, 1.807) is 49.8 Å². The van der Waals surface area contributed by atoms with E-state index in [0.717, 1.165) is 116 Å². The van der Waals surface area contributed by atoms with Crippen LogP contribution >= 0.6 is 22.7 Å². The van der Waals surface area contributed by atoms with E-state index in [9.17, 15) is 13.2 Å². The first-order valence-electron chi connectivity index (χ1n) is 38.1. The highest BCUT2D eigenvalue weighted by Gasteiger charge is 2.25. The molecule has 111 heavy (non-hydrogen) atoms. The van der Waals surface area contributed by atoms with E-state index < -0.39 is 9.84 Å². The van der Waals surface area contributed by atoms with E-state index in [2.05, 4.69) is 243 Å². The van der Waals surface area contributed by atoms with Crippen LogP contribution < -0.4 is 9.47 Å². The van der Waals surface area contributed by atoms with Gasteiger partial charge in [0.15, 0.2) is 5.78 Å². The fraction of sp³-hybridized carbons (Fsp3) is 0.119. The number of fused-ring (bicyclic) bond motifs is 12. The molecule has 0 spiro atoms. The first-order chi connectivity index (χ1) is 54.2. The maximum absolute atomic E-state index is 13.6. The van der Waals surface area contributed by atoms with Gasteiger partial charge in [-0.05, 0) is 284 Å². The molecule has 0 atom stereocenters. The third kappa shape index (κ3) is 12.5. The number of rotatable bonds is 14. The second kappa shape index (κ2) is 28.0. The van der Waals surface area contributed by atoms with Crippen molar-refractivity contribution in [3.8, 4) is 66.0 Å². The number of ether oxygens (including phenoxy) is 2. The van der Waals surface area contributed by atoms with Crippen LogP contribution in [0.2, 0.25) is 0 Å². The van der Waals surface area contributed by atoms with Crippen molar-refractivity contribution in [1.29, 1.82) is 0 Å². The number of benzene rings is 14. The lowest BCUT2D eigenvalue weighted by molar-refractivity contribution is 0.103. The van der Waals surface area contributed by atoms with Crippen LogP contribution in [0.5, 0.6) is 11.5 Å². The van der Waals surface area contributed by atoms with Crippen LogP contribution in [0.4, 0.5) is 0 Å². The predicted octanol–water partition coefficient (Wildman–Crippen LogP) is 25.5. The summed E-state index contributed by atoms with van der Waals surface area (Å²) < 4.78 is 43.2. The zero-order valence-electron chi connectivity index (χ0n) is 62.6. The van der Waals surface area contributed by atoms with Crippen LogP contribution in [0.3, 0.4) is 0 Å². The number of methoxy groups -OCH3 is 2. The molecule has 20 rings (SSSR count). The summed E-state index contributed by atoms with van der Waals surface area (Å²) in [5, 5.41) is 9.75. The summed E-state index contributed by atoms with van der Waals surface area (Å²) in [7, 11) is -0.248. The molecule has 7 nitrogen and oxygen atoms in total. The van der Waals surface area contributed by atoms with Gasteiger partial charge in [-0.25, -0.2) is 8.42 Å². The Morgan fingerprint density at radius 1 is 0.351 bits per heavy atom. The summed E-state index contributed by atoms with van der Waals surface area (Å²) >= 11 is 3.56. The topological polar surface area (TPSA) is 79.5 Å². The zero-order valence-corrected chi connectivity index (χ0v) is 65.1. The number of carbonyl (C=O) groups excluding carboxylic acids is 1. The number of hydrogen-bond donors (Lipinski definition) is 0. The molecule has 0 saturated carbocycles. The minimum absolute atomic E-state index is 0.0476. The molecule has 0 fully saturated rings. The van der Waals surface area contributed by atoms with Crippen LogP contribution in [-0.2, 0) is 48.4 Å². The number of nitrogens with zero attached hydrogens (tertiary/aromatic N) is 2. The summed E-state index contributed by atoms with van der Waals surface area (Å²) in [5.41, 5.74) is 28.7. The Bertz CT molecular complexity index is 6790. The SMILES string of the molecule is CCc1ccc(-c2ccc(C(=O)c3ccc(-c4ccc5cc6c(cc5c4)Cc4ccc(-n5c7c(C)cccc7c7cccc(C)c75)cc4C6)cc3)cc2)s1.CCc1ccc(-c2ccc(S(=O)(=O)c3ccc(-c4ccc5cc6c(cc5c4)Cc4ccc(-n5c7ccc(OC)cc7c7cc(OC)ccc75)cc4C6)cc3)cc2)s1. The number of carbonyl (C=O) groups is 1. The average molecular weight is 1500 g/mol. The van der Waals surface area contributed by atoms with E-state index in [4.69, 9.17) is 9.47 Å². The van der Waals surface area contributed by atoms with E-state index >= 15 is 0 Å². The molecule has 0 amide bonds. The fourth-order valence-corrected chi connectivity index (χ4v) is 20.2. The Kier molecular flexibility index (Phi) is 17.5. The Hall–Kier alpha value is -12.2. The monoisotopic (exact) mass is 1490 g/mol. The largest absolute Gasteiger partial charge is 0.497 e. The molecule has 0 unspecified atom stereocenters. The summed E-state index contributed by atoms with van der Waals surface area (Å²) in [6.07, 6.45) is 5.62. The van der Waals surface area contributed by atoms with Crippen LogP contribution in [0.25, 0.3) is 120 Å². The van der Waals surface area contributed by atoms with E-state index in [-0.39, 0.29) is 5.78 Å². The summed E-state index contributed by atoms with van der Waals surface area (Å²) in [6, 6.07) is 102. The van der Waals surface area contributed by atoms with Gasteiger partial charge in [-0.3, -0.25) is 4.79 Å². The molecule has 0 bridgehead atoms. The first kappa shape index (κ1) is 69.3. The van der Waals surface area contributed by atoms with Gasteiger partial charge in [0.2, 0.25) is 9.84 Å². The quantitative estimate of drug-likeness (QED) is 0.101. The third-order valence-electron chi connectivity index (χ3n) is 23.0. The fourth-order valence-electron chi connectivity index (χ4n) is 17.0. The van der Waals surface area contributed by atoms with Crippen molar-refractivity contribution in [3.63, 3.8) is 0 Å². The highest BCUT2D eigenvalue weighted by Crippen LogP contribution is 2.43. The van der Waals surface area contributed by atoms with Gasteiger partial charge in [0.05, 0.1) is 46.1 Å². The number of aryl methyl sites for hydroxylation is 4. The Morgan fingerprint density at radius 2 is 0.739 bits per heavy atom. The van der Waals surface area contributed by atoms with Crippen molar-refractivity contribution in [2.45, 2.75) is 76.0 Å². The molecule has 540 valence electrons. The van der Waals surface area contributed by atoms with Gasteiger partial charge in [-0.15, -0.1) is 22.7 Å².